The van der Waals surface area contributed by atoms with Gasteiger partial charge in [-0.3, -0.25) is 24.8 Å². The second kappa shape index (κ2) is 11.3. The first-order valence-electron chi connectivity index (χ1n) is 14.0. The van der Waals surface area contributed by atoms with Crippen LogP contribution in [-0.2, 0) is 32.8 Å². The molecule has 2 aromatic carbocycles. The molecule has 3 aromatic rings. The van der Waals surface area contributed by atoms with Crippen LogP contribution in [0.25, 0.3) is 22.2 Å². The van der Waals surface area contributed by atoms with Crippen molar-refractivity contribution in [2.75, 3.05) is 21.1 Å². The zero-order chi connectivity index (χ0) is 29.5. The highest BCUT2D eigenvalue weighted by Gasteiger charge is 2.34. The molecule has 3 amide bonds. The predicted molar refractivity (Wildman–Crippen MR) is 157 cm³/mol. The SMILES string of the molecule is CC(=O)NN(C)C(=O)C1Cc2ccccc2-c2c(C3CCCCC3)c3ccc(C(=O)NS(=O)(=O)N(C)C)cc3n2C1. The molecule has 1 saturated carbocycles. The van der Waals surface area contributed by atoms with Gasteiger partial charge in [0.05, 0.1) is 11.6 Å². The van der Waals surface area contributed by atoms with Gasteiger partial charge in [-0.2, -0.15) is 12.7 Å². The molecule has 1 unspecified atom stereocenters. The number of aromatic nitrogens is 1. The largest absolute Gasteiger partial charge is 0.339 e. The Morgan fingerprint density at radius 3 is 2.37 bits per heavy atom. The lowest BCUT2D eigenvalue weighted by atomic mass is 9.81. The lowest BCUT2D eigenvalue weighted by Gasteiger charge is -2.24. The molecular weight excluding hydrogens is 542 g/mol. The molecule has 5 rings (SSSR count). The van der Waals surface area contributed by atoms with Crippen LogP contribution in [-0.4, -0.2) is 61.2 Å². The first-order valence-corrected chi connectivity index (χ1v) is 15.5. The number of hydrogen-bond acceptors (Lipinski definition) is 5. The van der Waals surface area contributed by atoms with E-state index in [0.717, 1.165) is 57.7 Å². The average molecular weight is 580 g/mol. The number of hydrogen-bond donors (Lipinski definition) is 2. The molecule has 41 heavy (non-hydrogen) atoms. The summed E-state index contributed by atoms with van der Waals surface area (Å²) in [6.45, 7) is 1.71. The van der Waals surface area contributed by atoms with Crippen LogP contribution in [0.5, 0.6) is 0 Å². The molecule has 1 atom stereocenters. The smallest absolute Gasteiger partial charge is 0.303 e. The fourth-order valence-corrected chi connectivity index (χ4v) is 6.81. The number of carbonyl (C=O) groups excluding carboxylic acids is 3. The maximum absolute atomic E-state index is 13.6. The van der Waals surface area contributed by atoms with Gasteiger partial charge in [0.25, 0.3) is 5.91 Å². The summed E-state index contributed by atoms with van der Waals surface area (Å²) in [4.78, 5) is 38.4. The van der Waals surface area contributed by atoms with E-state index in [2.05, 4.69) is 26.8 Å². The van der Waals surface area contributed by atoms with Crippen LogP contribution in [0.3, 0.4) is 0 Å². The van der Waals surface area contributed by atoms with Gasteiger partial charge in [0.2, 0.25) is 11.8 Å². The van der Waals surface area contributed by atoms with Crippen molar-refractivity contribution in [1.29, 1.82) is 0 Å². The molecule has 1 fully saturated rings. The molecule has 0 radical (unpaired) electrons. The van der Waals surface area contributed by atoms with Crippen LogP contribution in [0.2, 0.25) is 0 Å². The Hall–Kier alpha value is -3.70. The molecule has 0 saturated heterocycles. The molecule has 0 spiro atoms. The standard InChI is InChI=1S/C30H37N5O5S/c1-19(36)31-34(4)30(38)23-16-21-12-8-9-13-24(21)28-27(20-10-6-5-7-11-20)25-15-14-22(17-26(25)35(28)18-23)29(37)32-41(39,40)33(2)3/h8-9,12-15,17,20,23H,5-7,10-11,16,18H2,1-4H3,(H,31,36)(H,32,37). The van der Waals surface area contributed by atoms with Crippen LogP contribution in [0.4, 0.5) is 0 Å². The van der Waals surface area contributed by atoms with Crippen LogP contribution in [0.15, 0.2) is 42.5 Å². The number of nitrogens with zero attached hydrogens (tertiary/aromatic N) is 3. The summed E-state index contributed by atoms with van der Waals surface area (Å²) in [5.74, 6) is -1.41. The summed E-state index contributed by atoms with van der Waals surface area (Å²) in [6.07, 6.45) is 6.11. The maximum Gasteiger partial charge on any atom is 0.303 e. The van der Waals surface area contributed by atoms with E-state index in [1.54, 1.807) is 19.2 Å². The molecule has 0 bridgehead atoms. The fourth-order valence-electron chi connectivity index (χ4n) is 6.28. The molecule has 2 N–H and O–H groups in total. The summed E-state index contributed by atoms with van der Waals surface area (Å²) in [5, 5.41) is 2.26. The Morgan fingerprint density at radius 2 is 1.68 bits per heavy atom. The second-order valence-corrected chi connectivity index (χ2v) is 13.2. The van der Waals surface area contributed by atoms with E-state index in [0.29, 0.717) is 18.9 Å². The van der Waals surface area contributed by atoms with E-state index in [9.17, 15) is 22.8 Å². The molecule has 1 aliphatic heterocycles. The van der Waals surface area contributed by atoms with Crippen LogP contribution in [0.1, 0.15) is 66.4 Å². The Kier molecular flexibility index (Phi) is 7.93. The molecular formula is C30H37N5O5S. The normalized spacial score (nSPS) is 17.4. The summed E-state index contributed by atoms with van der Waals surface area (Å²) in [7, 11) is 0.293. The number of carbonyl (C=O) groups is 3. The Morgan fingerprint density at radius 1 is 0.976 bits per heavy atom. The number of benzene rings is 2. The zero-order valence-electron chi connectivity index (χ0n) is 23.9. The number of nitrogens with one attached hydrogen (secondary N) is 2. The van der Waals surface area contributed by atoms with E-state index in [1.807, 2.05) is 18.2 Å². The highest BCUT2D eigenvalue weighted by Crippen LogP contribution is 2.46. The van der Waals surface area contributed by atoms with Crippen molar-refractivity contribution in [2.45, 2.75) is 57.9 Å². The van der Waals surface area contributed by atoms with Crippen molar-refractivity contribution in [2.24, 2.45) is 5.92 Å². The second-order valence-electron chi connectivity index (χ2n) is 11.3. The molecule has 2 heterocycles. The van der Waals surface area contributed by atoms with Gasteiger partial charge in [-0.15, -0.1) is 0 Å². The molecule has 1 aliphatic carbocycles. The van der Waals surface area contributed by atoms with Gasteiger partial charge in [-0.05, 0) is 48.4 Å². The molecule has 2 aliphatic rings. The molecule has 218 valence electrons. The van der Waals surface area contributed by atoms with Crippen molar-refractivity contribution in [1.82, 2.24) is 24.0 Å². The van der Waals surface area contributed by atoms with E-state index < -0.39 is 22.0 Å². The third kappa shape index (κ3) is 5.60. The van der Waals surface area contributed by atoms with Crippen LogP contribution in [0, 0.1) is 5.92 Å². The fraction of sp³-hybridized carbons (Fsp3) is 0.433. The van der Waals surface area contributed by atoms with Crippen molar-refractivity contribution < 1.29 is 22.8 Å². The van der Waals surface area contributed by atoms with Gasteiger partial charge < -0.3 is 4.57 Å². The first-order chi connectivity index (χ1) is 19.5. The van der Waals surface area contributed by atoms with Gasteiger partial charge >= 0.3 is 10.2 Å². The predicted octanol–water partition coefficient (Wildman–Crippen LogP) is 3.57. The quantitative estimate of drug-likeness (QED) is 0.448. The summed E-state index contributed by atoms with van der Waals surface area (Å²) in [6, 6.07) is 13.4. The summed E-state index contributed by atoms with van der Waals surface area (Å²) >= 11 is 0. The zero-order valence-corrected chi connectivity index (χ0v) is 24.8. The molecule has 11 heteroatoms. The Bertz CT molecular complexity index is 1620. The molecule has 10 nitrogen and oxygen atoms in total. The lowest BCUT2D eigenvalue weighted by molar-refractivity contribution is -0.142. The minimum atomic E-state index is -3.97. The minimum absolute atomic E-state index is 0.213. The van der Waals surface area contributed by atoms with Crippen LogP contribution >= 0.6 is 0 Å². The minimum Gasteiger partial charge on any atom is -0.339 e. The highest BCUT2D eigenvalue weighted by molar-refractivity contribution is 7.87. The third-order valence-corrected chi connectivity index (χ3v) is 9.63. The lowest BCUT2D eigenvalue weighted by Crippen LogP contribution is -2.46. The topological polar surface area (TPSA) is 121 Å². The number of fused-ring (bicyclic) bond motifs is 5. The third-order valence-electron chi connectivity index (χ3n) is 8.23. The Balaban J connectivity index is 1.71. The van der Waals surface area contributed by atoms with Gasteiger partial charge in [-0.25, -0.2) is 4.72 Å². The van der Waals surface area contributed by atoms with Crippen molar-refractivity contribution in [3.63, 3.8) is 0 Å². The van der Waals surface area contributed by atoms with Crippen molar-refractivity contribution in [3.8, 4) is 11.3 Å². The van der Waals surface area contributed by atoms with Crippen LogP contribution < -0.4 is 10.1 Å². The van der Waals surface area contributed by atoms with E-state index in [1.165, 1.54) is 38.0 Å². The van der Waals surface area contributed by atoms with E-state index in [-0.39, 0.29) is 17.4 Å². The maximum atomic E-state index is 13.6. The van der Waals surface area contributed by atoms with Crippen molar-refractivity contribution in [3.05, 3.63) is 59.2 Å². The van der Waals surface area contributed by atoms with Crippen molar-refractivity contribution >= 4 is 38.8 Å². The van der Waals surface area contributed by atoms with E-state index in [4.69, 9.17) is 0 Å². The number of amides is 3. The van der Waals surface area contributed by atoms with E-state index >= 15 is 0 Å². The van der Waals surface area contributed by atoms with Gasteiger partial charge in [0.1, 0.15) is 0 Å². The number of hydrazine groups is 1. The highest BCUT2D eigenvalue weighted by atomic mass is 32.2. The summed E-state index contributed by atoms with van der Waals surface area (Å²) < 4.78 is 30.0. The van der Waals surface area contributed by atoms with Gasteiger partial charge in [0, 0.05) is 56.6 Å². The van der Waals surface area contributed by atoms with Gasteiger partial charge in [-0.1, -0.05) is 49.6 Å². The van der Waals surface area contributed by atoms with Gasteiger partial charge in [0.15, 0.2) is 0 Å². The Labute approximate surface area is 240 Å². The number of rotatable bonds is 5. The first kappa shape index (κ1) is 28.8. The summed E-state index contributed by atoms with van der Waals surface area (Å²) in [5.41, 5.74) is 7.97. The molecule has 1 aromatic heterocycles. The average Bonchev–Trinajstić information content (AvgIpc) is 3.14. The monoisotopic (exact) mass is 579 g/mol.